The number of hydrazine groups is 1. The quantitative estimate of drug-likeness (QED) is 0.548. The summed E-state index contributed by atoms with van der Waals surface area (Å²) in [5.74, 6) is 0.347. The van der Waals surface area contributed by atoms with Crippen molar-refractivity contribution in [3.8, 4) is 17.1 Å². The van der Waals surface area contributed by atoms with Gasteiger partial charge < -0.3 is 0 Å². The van der Waals surface area contributed by atoms with Crippen molar-refractivity contribution in [1.29, 1.82) is 0 Å². The predicted molar refractivity (Wildman–Crippen MR) is 115 cm³/mol. The largest absolute Gasteiger partial charge is 0.299 e. The molecule has 0 atom stereocenters. The van der Waals surface area contributed by atoms with Crippen molar-refractivity contribution in [3.05, 3.63) is 68.9 Å². The maximum absolute atomic E-state index is 12.7. The monoisotopic (exact) mass is 478 g/mol. The molecule has 2 aromatic carbocycles. The number of imidazole rings is 1. The minimum atomic E-state index is -0.232. The fraction of sp³-hybridized carbons (Fsp3) is 0.200. The minimum absolute atomic E-state index is 0.232. The zero-order valence-electron chi connectivity index (χ0n) is 14.8. The van der Waals surface area contributed by atoms with Crippen LogP contribution >= 0.6 is 39.1 Å². The van der Waals surface area contributed by atoms with Crippen LogP contribution in [0.1, 0.15) is 23.3 Å². The lowest BCUT2D eigenvalue weighted by molar-refractivity contribution is 0.0821. The first-order chi connectivity index (χ1) is 13.5. The van der Waals surface area contributed by atoms with Gasteiger partial charge in [-0.3, -0.25) is 14.8 Å². The third-order valence-electron chi connectivity index (χ3n) is 4.58. The van der Waals surface area contributed by atoms with Crippen LogP contribution < -0.4 is 5.43 Å². The lowest BCUT2D eigenvalue weighted by atomic mass is 10.2. The second kappa shape index (κ2) is 8.25. The summed E-state index contributed by atoms with van der Waals surface area (Å²) >= 11 is 15.9. The second-order valence-electron chi connectivity index (χ2n) is 6.56. The molecule has 1 aromatic heterocycles. The van der Waals surface area contributed by atoms with E-state index < -0.39 is 0 Å². The molecule has 1 N–H and O–H groups in total. The molecule has 0 aliphatic carbocycles. The molecular formula is C20H17BrCl2N4O. The average Bonchev–Trinajstić information content (AvgIpc) is 3.32. The van der Waals surface area contributed by atoms with Crippen LogP contribution in [0.3, 0.4) is 0 Å². The number of benzene rings is 2. The predicted octanol–water partition coefficient (Wildman–Crippen LogP) is 5.35. The van der Waals surface area contributed by atoms with Gasteiger partial charge in [-0.25, -0.2) is 9.99 Å². The van der Waals surface area contributed by atoms with Crippen molar-refractivity contribution >= 4 is 45.0 Å². The van der Waals surface area contributed by atoms with Crippen LogP contribution in [0.15, 0.2) is 53.1 Å². The number of nitrogens with one attached hydrogen (secondary N) is 1. The van der Waals surface area contributed by atoms with Crippen molar-refractivity contribution in [2.45, 2.75) is 12.8 Å². The van der Waals surface area contributed by atoms with Gasteiger partial charge in [0.2, 0.25) is 0 Å². The molecule has 1 aliphatic heterocycles. The Morgan fingerprint density at radius 2 is 1.79 bits per heavy atom. The molecule has 0 spiro atoms. The van der Waals surface area contributed by atoms with Gasteiger partial charge in [-0.15, -0.1) is 0 Å². The molecule has 0 bridgehead atoms. The van der Waals surface area contributed by atoms with Gasteiger partial charge in [-0.2, -0.15) is 0 Å². The van der Waals surface area contributed by atoms with Gasteiger partial charge in [0, 0.05) is 40.0 Å². The van der Waals surface area contributed by atoms with Gasteiger partial charge in [-0.05, 0) is 55.3 Å². The number of aromatic nitrogens is 2. The van der Waals surface area contributed by atoms with Crippen LogP contribution in [0.25, 0.3) is 17.1 Å². The molecule has 3 aromatic rings. The average molecular weight is 480 g/mol. The smallest absolute Gasteiger partial charge is 0.285 e. The van der Waals surface area contributed by atoms with Gasteiger partial charge in [0.1, 0.15) is 11.5 Å². The van der Waals surface area contributed by atoms with Gasteiger partial charge in [0.05, 0.1) is 5.02 Å². The van der Waals surface area contributed by atoms with E-state index in [1.807, 2.05) is 39.9 Å². The van der Waals surface area contributed by atoms with Gasteiger partial charge in [0.15, 0.2) is 0 Å². The van der Waals surface area contributed by atoms with Crippen LogP contribution in [0.4, 0.5) is 0 Å². The van der Waals surface area contributed by atoms with E-state index in [1.54, 1.807) is 18.3 Å². The fourth-order valence-electron chi connectivity index (χ4n) is 3.18. The standard InChI is InChI=1S/C20H17BrCl2N4O/c21-13-3-6-15(7-4-13)27-12-18(20(28)25-26-9-1-2-10-26)24-19(27)16-8-5-14(22)11-17(16)23/h3-8,11-12H,1-2,9-10H2,(H,25,28). The number of amides is 1. The van der Waals surface area contributed by atoms with Crippen molar-refractivity contribution in [2.24, 2.45) is 0 Å². The van der Waals surface area contributed by atoms with E-state index in [-0.39, 0.29) is 5.91 Å². The van der Waals surface area contributed by atoms with E-state index in [2.05, 4.69) is 26.3 Å². The summed E-state index contributed by atoms with van der Waals surface area (Å²) < 4.78 is 2.83. The Hall–Kier alpha value is -1.86. The zero-order chi connectivity index (χ0) is 19.7. The number of carbonyl (C=O) groups excluding carboxylic acids is 1. The lowest BCUT2D eigenvalue weighted by Gasteiger charge is -2.14. The third-order valence-corrected chi connectivity index (χ3v) is 5.66. The highest BCUT2D eigenvalue weighted by atomic mass is 79.9. The second-order valence-corrected chi connectivity index (χ2v) is 8.31. The molecule has 0 radical (unpaired) electrons. The van der Waals surface area contributed by atoms with E-state index in [9.17, 15) is 4.79 Å². The first kappa shape index (κ1) is 19.5. The third kappa shape index (κ3) is 4.10. The van der Waals surface area contributed by atoms with Crippen molar-refractivity contribution < 1.29 is 4.79 Å². The van der Waals surface area contributed by atoms with Gasteiger partial charge >= 0.3 is 0 Å². The molecule has 5 nitrogen and oxygen atoms in total. The number of carbonyl (C=O) groups is 1. The summed E-state index contributed by atoms with van der Waals surface area (Å²) in [5.41, 5.74) is 4.83. The molecule has 0 saturated carbocycles. The fourth-order valence-corrected chi connectivity index (χ4v) is 3.94. The Labute approximate surface area is 181 Å². The van der Waals surface area contributed by atoms with Gasteiger partial charge in [-0.1, -0.05) is 39.1 Å². The molecule has 0 unspecified atom stereocenters. The van der Waals surface area contributed by atoms with E-state index in [0.29, 0.717) is 27.1 Å². The Bertz CT molecular complexity index is 1010. The summed E-state index contributed by atoms with van der Waals surface area (Å²) in [6.45, 7) is 1.71. The van der Waals surface area contributed by atoms with E-state index in [0.717, 1.165) is 36.1 Å². The number of halogens is 3. The summed E-state index contributed by atoms with van der Waals surface area (Å²) in [6, 6.07) is 13.0. The highest BCUT2D eigenvalue weighted by Gasteiger charge is 2.21. The molecule has 144 valence electrons. The number of nitrogens with zero attached hydrogens (tertiary/aromatic N) is 3. The molecular weight excluding hydrogens is 463 g/mol. The first-order valence-electron chi connectivity index (χ1n) is 8.88. The number of hydrogen-bond acceptors (Lipinski definition) is 3. The topological polar surface area (TPSA) is 50.2 Å². The normalized spacial score (nSPS) is 14.4. The minimum Gasteiger partial charge on any atom is -0.299 e. The molecule has 2 heterocycles. The summed E-state index contributed by atoms with van der Waals surface area (Å²) in [7, 11) is 0. The van der Waals surface area contributed by atoms with Crippen LogP contribution in [-0.4, -0.2) is 33.6 Å². The van der Waals surface area contributed by atoms with Crippen LogP contribution in [0, 0.1) is 0 Å². The Morgan fingerprint density at radius 1 is 1.07 bits per heavy atom. The highest BCUT2D eigenvalue weighted by molar-refractivity contribution is 9.10. The molecule has 1 fully saturated rings. The van der Waals surface area contributed by atoms with Crippen LogP contribution in [0.2, 0.25) is 10.0 Å². The Morgan fingerprint density at radius 3 is 2.46 bits per heavy atom. The lowest BCUT2D eigenvalue weighted by Crippen LogP contribution is -2.40. The summed E-state index contributed by atoms with van der Waals surface area (Å²) in [5, 5.41) is 2.95. The number of rotatable bonds is 4. The molecule has 1 saturated heterocycles. The highest BCUT2D eigenvalue weighted by Crippen LogP contribution is 2.32. The molecule has 1 amide bonds. The van der Waals surface area contributed by atoms with E-state index in [1.165, 1.54) is 0 Å². The maximum atomic E-state index is 12.7. The summed E-state index contributed by atoms with van der Waals surface area (Å²) in [6.07, 6.45) is 3.90. The SMILES string of the molecule is O=C(NN1CCCC1)c1cn(-c2ccc(Br)cc2)c(-c2ccc(Cl)cc2Cl)n1. The van der Waals surface area contributed by atoms with E-state index in [4.69, 9.17) is 23.2 Å². The molecule has 4 rings (SSSR count). The Kier molecular flexibility index (Phi) is 5.73. The maximum Gasteiger partial charge on any atom is 0.285 e. The van der Waals surface area contributed by atoms with Crippen LogP contribution in [0.5, 0.6) is 0 Å². The summed E-state index contributed by atoms with van der Waals surface area (Å²) in [4.78, 5) is 17.3. The van der Waals surface area contributed by atoms with Crippen LogP contribution in [-0.2, 0) is 0 Å². The van der Waals surface area contributed by atoms with Crippen molar-refractivity contribution in [1.82, 2.24) is 20.0 Å². The van der Waals surface area contributed by atoms with Crippen molar-refractivity contribution in [2.75, 3.05) is 13.1 Å². The molecule has 28 heavy (non-hydrogen) atoms. The van der Waals surface area contributed by atoms with Gasteiger partial charge in [0.25, 0.3) is 5.91 Å². The Balaban J connectivity index is 1.77. The van der Waals surface area contributed by atoms with Crippen molar-refractivity contribution in [3.63, 3.8) is 0 Å². The number of hydrogen-bond donors (Lipinski definition) is 1. The zero-order valence-corrected chi connectivity index (χ0v) is 17.9. The first-order valence-corrected chi connectivity index (χ1v) is 10.4. The molecule has 1 aliphatic rings. The van der Waals surface area contributed by atoms with E-state index >= 15 is 0 Å². The molecule has 8 heteroatoms.